The first-order valence-electron chi connectivity index (χ1n) is 9.39. The maximum atomic E-state index is 12.7. The van der Waals surface area contributed by atoms with Crippen molar-refractivity contribution in [3.8, 4) is 0 Å². The molecule has 5 nitrogen and oxygen atoms in total. The van der Waals surface area contributed by atoms with E-state index in [1.807, 2.05) is 6.92 Å². The molecule has 2 aliphatic carbocycles. The van der Waals surface area contributed by atoms with Crippen molar-refractivity contribution in [2.75, 3.05) is 19.8 Å². The lowest BCUT2D eigenvalue weighted by molar-refractivity contribution is -0.236. The number of aryl methyl sites for hydroxylation is 1. The van der Waals surface area contributed by atoms with E-state index in [4.69, 9.17) is 13.7 Å². The summed E-state index contributed by atoms with van der Waals surface area (Å²) in [6.45, 7) is 9.67. The van der Waals surface area contributed by atoms with E-state index in [1.54, 1.807) is 24.3 Å². The van der Waals surface area contributed by atoms with Crippen LogP contribution in [0.2, 0.25) is 0 Å². The fourth-order valence-corrected chi connectivity index (χ4v) is 6.19. The van der Waals surface area contributed by atoms with Crippen LogP contribution in [0.3, 0.4) is 0 Å². The van der Waals surface area contributed by atoms with E-state index in [-0.39, 0.29) is 16.9 Å². The second kappa shape index (κ2) is 5.77. The Morgan fingerprint density at radius 3 is 2.38 bits per heavy atom. The average Bonchev–Trinajstić information content (AvgIpc) is 3.06. The van der Waals surface area contributed by atoms with Crippen LogP contribution in [0, 0.1) is 29.6 Å². The van der Waals surface area contributed by atoms with Gasteiger partial charge < -0.3 is 9.47 Å². The van der Waals surface area contributed by atoms with Crippen molar-refractivity contribution in [1.29, 1.82) is 0 Å². The highest BCUT2D eigenvalue weighted by Gasteiger charge is 2.79. The summed E-state index contributed by atoms with van der Waals surface area (Å²) in [5.74, 6) is 0.150. The zero-order valence-corrected chi connectivity index (χ0v) is 16.8. The first-order chi connectivity index (χ1) is 12.2. The smallest absolute Gasteiger partial charge is 0.296 e. The van der Waals surface area contributed by atoms with Gasteiger partial charge in [0.15, 0.2) is 5.79 Å². The topological polar surface area (TPSA) is 61.8 Å². The van der Waals surface area contributed by atoms with Crippen LogP contribution in [0.25, 0.3) is 0 Å². The van der Waals surface area contributed by atoms with Gasteiger partial charge in [-0.2, -0.15) is 8.42 Å². The monoisotopic (exact) mass is 380 g/mol. The molecule has 0 bridgehead atoms. The van der Waals surface area contributed by atoms with Crippen molar-refractivity contribution in [2.45, 2.75) is 51.2 Å². The van der Waals surface area contributed by atoms with Gasteiger partial charge in [0, 0.05) is 11.8 Å². The molecular weight excluding hydrogens is 352 g/mol. The highest BCUT2D eigenvalue weighted by molar-refractivity contribution is 7.86. The molecule has 3 aliphatic rings. The Morgan fingerprint density at radius 1 is 1.19 bits per heavy atom. The second-order valence-corrected chi connectivity index (χ2v) is 10.3. The number of hydrogen-bond acceptors (Lipinski definition) is 5. The lowest BCUT2D eigenvalue weighted by Gasteiger charge is -2.41. The fraction of sp³-hybridized carbons (Fsp3) is 0.700. The molecule has 0 aromatic heterocycles. The molecule has 6 heteroatoms. The van der Waals surface area contributed by atoms with Gasteiger partial charge in [-0.3, -0.25) is 4.18 Å². The molecule has 144 valence electrons. The van der Waals surface area contributed by atoms with E-state index in [0.29, 0.717) is 25.0 Å². The van der Waals surface area contributed by atoms with Gasteiger partial charge in [0.05, 0.1) is 24.7 Å². The van der Waals surface area contributed by atoms with Crippen LogP contribution in [-0.4, -0.2) is 34.0 Å². The molecular formula is C20H28O5S. The molecule has 1 heterocycles. The van der Waals surface area contributed by atoms with Crippen molar-refractivity contribution >= 4 is 10.1 Å². The fourth-order valence-electron chi connectivity index (χ4n) is 5.19. The molecule has 1 aliphatic heterocycles. The molecule has 0 unspecified atom stereocenters. The van der Waals surface area contributed by atoms with Crippen molar-refractivity contribution in [1.82, 2.24) is 0 Å². The summed E-state index contributed by atoms with van der Waals surface area (Å²) in [5.41, 5.74) is 0.722. The number of hydrogen-bond donors (Lipinski definition) is 0. The SMILES string of the molecule is Cc1ccc(S(=O)(=O)OC[C@]2(C)[C@H]3C[C@@]3(C(C)C)CC23OCCO3)cc1. The zero-order chi connectivity index (χ0) is 18.8. The van der Waals surface area contributed by atoms with Crippen LogP contribution in [0.15, 0.2) is 29.2 Å². The Morgan fingerprint density at radius 2 is 1.81 bits per heavy atom. The summed E-state index contributed by atoms with van der Waals surface area (Å²) in [7, 11) is -3.80. The maximum Gasteiger partial charge on any atom is 0.296 e. The third kappa shape index (κ3) is 2.49. The molecule has 26 heavy (non-hydrogen) atoms. The molecule has 3 atom stereocenters. The van der Waals surface area contributed by atoms with Gasteiger partial charge in [-0.1, -0.05) is 38.5 Å². The van der Waals surface area contributed by atoms with Crippen LogP contribution in [0.1, 0.15) is 39.2 Å². The third-order valence-electron chi connectivity index (χ3n) is 7.05. The molecule has 0 N–H and O–H groups in total. The van der Waals surface area contributed by atoms with Crippen LogP contribution < -0.4 is 0 Å². The minimum absolute atomic E-state index is 0.0857. The molecule has 1 aromatic rings. The van der Waals surface area contributed by atoms with Gasteiger partial charge in [-0.05, 0) is 42.7 Å². The lowest BCUT2D eigenvalue weighted by atomic mass is 9.80. The van der Waals surface area contributed by atoms with E-state index >= 15 is 0 Å². The molecule has 1 spiro atoms. The average molecular weight is 381 g/mol. The minimum Gasteiger partial charge on any atom is -0.347 e. The predicted molar refractivity (Wildman–Crippen MR) is 97.1 cm³/mol. The Labute approximate surface area is 156 Å². The van der Waals surface area contributed by atoms with Gasteiger partial charge in [0.2, 0.25) is 0 Å². The van der Waals surface area contributed by atoms with E-state index < -0.39 is 21.3 Å². The Kier molecular flexibility index (Phi) is 4.09. The van der Waals surface area contributed by atoms with Crippen LogP contribution >= 0.6 is 0 Å². The van der Waals surface area contributed by atoms with Gasteiger partial charge in [0.25, 0.3) is 10.1 Å². The van der Waals surface area contributed by atoms with Crippen LogP contribution in [0.4, 0.5) is 0 Å². The molecule has 1 aromatic carbocycles. The Bertz CT molecular complexity index is 794. The van der Waals surface area contributed by atoms with E-state index in [1.165, 1.54) is 0 Å². The van der Waals surface area contributed by atoms with Crippen LogP contribution in [0.5, 0.6) is 0 Å². The Hall–Kier alpha value is -0.950. The zero-order valence-electron chi connectivity index (χ0n) is 15.9. The van der Waals surface area contributed by atoms with E-state index in [2.05, 4.69) is 20.8 Å². The van der Waals surface area contributed by atoms with Gasteiger partial charge >= 0.3 is 0 Å². The summed E-state index contributed by atoms with van der Waals surface area (Å²) in [4.78, 5) is 0.193. The Balaban J connectivity index is 1.59. The number of fused-ring (bicyclic) bond motifs is 1. The highest BCUT2D eigenvalue weighted by Crippen LogP contribution is 2.78. The quantitative estimate of drug-likeness (QED) is 0.732. The molecule has 4 rings (SSSR count). The maximum absolute atomic E-state index is 12.7. The largest absolute Gasteiger partial charge is 0.347 e. The normalized spacial score (nSPS) is 35.2. The summed E-state index contributed by atoms with van der Waals surface area (Å²) in [5, 5.41) is 0. The van der Waals surface area contributed by atoms with Gasteiger partial charge in [-0.15, -0.1) is 0 Å². The number of rotatable bonds is 5. The standard InChI is InChI=1S/C20H28O5S/c1-14(2)19-11-17(19)18(4,20(12-19)23-9-10-24-20)13-25-26(21,22)16-7-5-15(3)6-8-16/h5-8,14,17H,9-13H2,1-4H3/t17-,18-,19+/m1/s1. The first-order valence-corrected chi connectivity index (χ1v) is 10.8. The lowest BCUT2D eigenvalue weighted by Crippen LogP contribution is -2.49. The predicted octanol–water partition coefficient (Wildman–Crippen LogP) is 3.52. The third-order valence-corrected chi connectivity index (χ3v) is 8.32. The van der Waals surface area contributed by atoms with Crippen molar-refractivity contribution in [2.24, 2.45) is 22.7 Å². The van der Waals surface area contributed by atoms with Crippen LogP contribution in [-0.2, 0) is 23.8 Å². The van der Waals surface area contributed by atoms with Crippen molar-refractivity contribution in [3.63, 3.8) is 0 Å². The van der Waals surface area contributed by atoms with Gasteiger partial charge in [-0.25, -0.2) is 0 Å². The summed E-state index contributed by atoms with van der Waals surface area (Å²) < 4.78 is 43.1. The molecule has 1 saturated heterocycles. The van der Waals surface area contributed by atoms with E-state index in [9.17, 15) is 8.42 Å². The van der Waals surface area contributed by atoms with Crippen molar-refractivity contribution < 1.29 is 22.1 Å². The van der Waals surface area contributed by atoms with Crippen molar-refractivity contribution in [3.05, 3.63) is 29.8 Å². The summed E-state index contributed by atoms with van der Waals surface area (Å²) in [6.07, 6.45) is 1.91. The van der Waals surface area contributed by atoms with E-state index in [0.717, 1.165) is 18.4 Å². The molecule has 3 fully saturated rings. The molecule has 2 saturated carbocycles. The first kappa shape index (κ1) is 18.4. The minimum atomic E-state index is -3.80. The summed E-state index contributed by atoms with van der Waals surface area (Å²) in [6, 6.07) is 6.75. The highest BCUT2D eigenvalue weighted by atomic mass is 32.2. The molecule has 0 radical (unpaired) electrons. The number of benzene rings is 1. The second-order valence-electron chi connectivity index (χ2n) is 8.72. The molecule has 0 amide bonds. The van der Waals surface area contributed by atoms with Gasteiger partial charge in [0.1, 0.15) is 0 Å². The summed E-state index contributed by atoms with van der Waals surface area (Å²) >= 11 is 0. The number of ether oxygens (including phenoxy) is 2.